The highest BCUT2D eigenvalue weighted by Crippen LogP contribution is 2.32. The number of nitrogens with one attached hydrogen (secondary N) is 1. The van der Waals surface area contributed by atoms with Gasteiger partial charge in [0.1, 0.15) is 10.5 Å². The van der Waals surface area contributed by atoms with Crippen LogP contribution >= 0.6 is 22.9 Å². The molecule has 0 saturated heterocycles. The molecule has 0 radical (unpaired) electrons. The van der Waals surface area contributed by atoms with E-state index >= 15 is 0 Å². The van der Waals surface area contributed by atoms with Crippen molar-refractivity contribution >= 4 is 33.2 Å². The van der Waals surface area contributed by atoms with Gasteiger partial charge in [-0.3, -0.25) is 9.69 Å². The Hall–Kier alpha value is -2.41. The minimum absolute atomic E-state index is 0.0711. The molecule has 4 aromatic rings. The molecule has 0 amide bonds. The lowest BCUT2D eigenvalue weighted by molar-refractivity contribution is 0.157. The molecule has 3 aromatic heterocycles. The van der Waals surface area contributed by atoms with Gasteiger partial charge < -0.3 is 9.55 Å². The van der Waals surface area contributed by atoms with Crippen LogP contribution in [0.25, 0.3) is 20.7 Å². The number of H-pyrrole nitrogens is 1. The molecule has 4 heterocycles. The van der Waals surface area contributed by atoms with Gasteiger partial charge in [0.25, 0.3) is 5.56 Å². The van der Waals surface area contributed by atoms with Gasteiger partial charge in [-0.2, -0.15) is 0 Å². The Kier molecular flexibility index (Phi) is 4.34. The summed E-state index contributed by atoms with van der Waals surface area (Å²) in [4.78, 5) is 23.8. The van der Waals surface area contributed by atoms with Crippen molar-refractivity contribution in [1.29, 1.82) is 0 Å². The van der Waals surface area contributed by atoms with Crippen LogP contribution in [-0.2, 0) is 13.1 Å². The monoisotopic (exact) mass is 410 g/mol. The van der Waals surface area contributed by atoms with Crippen LogP contribution < -0.4 is 5.56 Å². The van der Waals surface area contributed by atoms with Gasteiger partial charge >= 0.3 is 0 Å². The summed E-state index contributed by atoms with van der Waals surface area (Å²) in [5, 5.41) is 0.699. The molecular weight excluding hydrogens is 392 g/mol. The van der Waals surface area contributed by atoms with Gasteiger partial charge in [-0.25, -0.2) is 4.98 Å². The first-order valence-electron chi connectivity index (χ1n) is 9.26. The summed E-state index contributed by atoms with van der Waals surface area (Å²) in [6.45, 7) is 4.72. The maximum absolute atomic E-state index is 12.6. The smallest absolute Gasteiger partial charge is 0.268 e. The predicted octanol–water partition coefficient (Wildman–Crippen LogP) is 4.68. The highest BCUT2D eigenvalue weighted by Gasteiger charge is 2.24. The van der Waals surface area contributed by atoms with Crippen LogP contribution in [0.1, 0.15) is 24.5 Å². The molecule has 1 aromatic carbocycles. The van der Waals surface area contributed by atoms with Crippen molar-refractivity contribution in [2.24, 2.45) is 0 Å². The third-order valence-electron chi connectivity index (χ3n) is 5.38. The Morgan fingerprint density at radius 3 is 2.89 bits per heavy atom. The fourth-order valence-electron chi connectivity index (χ4n) is 3.86. The van der Waals surface area contributed by atoms with E-state index in [0.29, 0.717) is 22.1 Å². The number of fused-ring (bicyclic) bond motifs is 2. The van der Waals surface area contributed by atoms with Gasteiger partial charge in [-0.1, -0.05) is 23.7 Å². The van der Waals surface area contributed by atoms with E-state index in [1.54, 1.807) is 0 Å². The number of benzene rings is 1. The Labute approximate surface area is 171 Å². The van der Waals surface area contributed by atoms with E-state index in [-0.39, 0.29) is 11.6 Å². The second-order valence-electron chi connectivity index (χ2n) is 7.12. The summed E-state index contributed by atoms with van der Waals surface area (Å²) in [6, 6.07) is 14.2. The van der Waals surface area contributed by atoms with Crippen molar-refractivity contribution in [2.45, 2.75) is 26.1 Å². The van der Waals surface area contributed by atoms with Crippen molar-refractivity contribution in [2.75, 3.05) is 6.54 Å². The lowest BCUT2D eigenvalue weighted by atomic mass is 10.1. The van der Waals surface area contributed by atoms with Crippen LogP contribution in [0.3, 0.4) is 0 Å². The number of halogens is 1. The molecule has 0 unspecified atom stereocenters. The van der Waals surface area contributed by atoms with Crippen molar-refractivity contribution < 1.29 is 0 Å². The first-order valence-corrected chi connectivity index (χ1v) is 10.5. The number of rotatable bonds is 3. The van der Waals surface area contributed by atoms with Crippen molar-refractivity contribution in [3.05, 3.63) is 75.6 Å². The maximum atomic E-state index is 12.6. The zero-order chi connectivity index (χ0) is 19.3. The average Bonchev–Trinajstić information content (AvgIpc) is 3.32. The molecule has 7 heteroatoms. The van der Waals surface area contributed by atoms with Gasteiger partial charge in [0, 0.05) is 40.9 Å². The van der Waals surface area contributed by atoms with Gasteiger partial charge in [0.05, 0.1) is 12.1 Å². The molecule has 0 bridgehead atoms. The fourth-order valence-corrected chi connectivity index (χ4v) is 4.98. The maximum Gasteiger partial charge on any atom is 0.268 e. The van der Waals surface area contributed by atoms with E-state index in [4.69, 9.17) is 16.6 Å². The number of aromatic nitrogens is 3. The number of aromatic amines is 1. The topological polar surface area (TPSA) is 53.9 Å². The molecule has 5 nitrogen and oxygen atoms in total. The van der Waals surface area contributed by atoms with Crippen LogP contribution in [0.4, 0.5) is 0 Å². The number of hydrogen-bond acceptors (Lipinski definition) is 4. The first kappa shape index (κ1) is 17.7. The predicted molar refractivity (Wildman–Crippen MR) is 114 cm³/mol. The van der Waals surface area contributed by atoms with Crippen molar-refractivity contribution in [1.82, 2.24) is 19.4 Å². The van der Waals surface area contributed by atoms with Crippen LogP contribution in [0.5, 0.6) is 0 Å². The highest BCUT2D eigenvalue weighted by molar-refractivity contribution is 7.22. The lowest BCUT2D eigenvalue weighted by Crippen LogP contribution is -2.36. The first-order chi connectivity index (χ1) is 13.6. The van der Waals surface area contributed by atoms with Crippen molar-refractivity contribution in [3.63, 3.8) is 0 Å². The summed E-state index contributed by atoms with van der Waals surface area (Å²) < 4.78 is 2.95. The minimum atomic E-state index is -0.0711. The molecule has 5 rings (SSSR count). The van der Waals surface area contributed by atoms with Gasteiger partial charge in [-0.15, -0.1) is 11.3 Å². The molecule has 28 heavy (non-hydrogen) atoms. The molecule has 1 N–H and O–H groups in total. The highest BCUT2D eigenvalue weighted by atomic mass is 35.5. The molecule has 1 aliphatic rings. The van der Waals surface area contributed by atoms with E-state index in [1.807, 2.05) is 30.3 Å². The quantitative estimate of drug-likeness (QED) is 0.533. The number of nitrogens with zero attached hydrogens (tertiary/aromatic N) is 3. The summed E-state index contributed by atoms with van der Waals surface area (Å²) >= 11 is 7.45. The molecule has 0 fully saturated rings. The molecule has 142 valence electrons. The van der Waals surface area contributed by atoms with Crippen LogP contribution in [0, 0.1) is 0 Å². The Morgan fingerprint density at radius 2 is 2.07 bits per heavy atom. The van der Waals surface area contributed by atoms with E-state index in [9.17, 15) is 4.79 Å². The second-order valence-corrected chi connectivity index (χ2v) is 8.61. The van der Waals surface area contributed by atoms with Gasteiger partial charge in [0.15, 0.2) is 0 Å². The third-order valence-corrected chi connectivity index (χ3v) is 6.81. The second kappa shape index (κ2) is 6.88. The standard InChI is InChI=1S/C21H19ClN4OS/c1-13-17-3-2-8-25(17)9-10-26(13)12-19-23-16-11-18(28-20(16)21(27)24-19)14-4-6-15(22)7-5-14/h2-8,11,13H,9-10,12H2,1H3,(H,23,24,27)/t13-/m0/s1. The zero-order valence-electron chi connectivity index (χ0n) is 15.4. The molecular formula is C21H19ClN4OS. The Bertz CT molecular complexity index is 1210. The van der Waals surface area contributed by atoms with Gasteiger partial charge in [0.2, 0.25) is 0 Å². The molecule has 1 aliphatic heterocycles. The molecule has 1 atom stereocenters. The summed E-state index contributed by atoms with van der Waals surface area (Å²) in [7, 11) is 0. The van der Waals surface area contributed by atoms with E-state index in [1.165, 1.54) is 17.0 Å². The van der Waals surface area contributed by atoms with Crippen LogP contribution in [-0.4, -0.2) is 26.0 Å². The van der Waals surface area contributed by atoms with Crippen LogP contribution in [0.2, 0.25) is 5.02 Å². The fraction of sp³-hybridized carbons (Fsp3) is 0.238. The number of thiophene rings is 1. The summed E-state index contributed by atoms with van der Waals surface area (Å²) in [6.07, 6.45) is 2.12. The van der Waals surface area contributed by atoms with E-state index in [2.05, 4.69) is 39.7 Å². The average molecular weight is 411 g/mol. The van der Waals surface area contributed by atoms with Crippen LogP contribution in [0.15, 0.2) is 53.5 Å². The van der Waals surface area contributed by atoms with Gasteiger partial charge in [-0.05, 0) is 42.8 Å². The Morgan fingerprint density at radius 1 is 1.25 bits per heavy atom. The SMILES string of the molecule is C[C@H]1c2cccn2CCN1Cc1nc2cc(-c3ccc(Cl)cc3)sc2c(=O)[nH]1. The molecule has 0 saturated carbocycles. The zero-order valence-corrected chi connectivity index (χ0v) is 16.9. The van der Waals surface area contributed by atoms with Crippen molar-refractivity contribution in [3.8, 4) is 10.4 Å². The normalized spacial score (nSPS) is 17.1. The molecule has 0 aliphatic carbocycles. The summed E-state index contributed by atoms with van der Waals surface area (Å²) in [5.74, 6) is 0.713. The van der Waals surface area contributed by atoms with E-state index in [0.717, 1.165) is 29.0 Å². The largest absolute Gasteiger partial charge is 0.349 e. The summed E-state index contributed by atoms with van der Waals surface area (Å²) in [5.41, 5.74) is 3.02. The Balaban J connectivity index is 1.46. The third kappa shape index (κ3) is 3.07. The minimum Gasteiger partial charge on any atom is -0.349 e. The number of hydrogen-bond donors (Lipinski definition) is 1. The lowest BCUT2D eigenvalue weighted by Gasteiger charge is -2.34. The molecule has 0 spiro atoms. The van der Waals surface area contributed by atoms with E-state index < -0.39 is 0 Å².